The normalized spacial score (nSPS) is 12.2. The quantitative estimate of drug-likeness (QED) is 0.871. The van der Waals surface area contributed by atoms with Crippen molar-refractivity contribution in [2.24, 2.45) is 0 Å². The minimum absolute atomic E-state index is 0.105. The van der Waals surface area contributed by atoms with Crippen LogP contribution < -0.4 is 5.32 Å². The summed E-state index contributed by atoms with van der Waals surface area (Å²) in [6, 6.07) is 8.40. The summed E-state index contributed by atoms with van der Waals surface area (Å²) < 4.78 is 26.8. The summed E-state index contributed by atoms with van der Waals surface area (Å²) >= 11 is 0. The number of benzene rings is 2. The molecule has 0 saturated heterocycles. The molecule has 0 amide bonds. The molecular formula is C15H15F2NO. The lowest BCUT2D eigenvalue weighted by Crippen LogP contribution is -2.08. The number of halogens is 2. The van der Waals surface area contributed by atoms with E-state index in [-0.39, 0.29) is 17.6 Å². The summed E-state index contributed by atoms with van der Waals surface area (Å²) in [7, 11) is 0. The molecule has 0 fully saturated rings. The van der Waals surface area contributed by atoms with Gasteiger partial charge in [-0.05, 0) is 43.7 Å². The van der Waals surface area contributed by atoms with Gasteiger partial charge in [0.15, 0.2) is 0 Å². The lowest BCUT2D eigenvalue weighted by atomic mass is 10.1. The van der Waals surface area contributed by atoms with Crippen molar-refractivity contribution in [3.63, 3.8) is 0 Å². The Morgan fingerprint density at radius 3 is 2.42 bits per heavy atom. The van der Waals surface area contributed by atoms with E-state index in [1.54, 1.807) is 26.0 Å². The molecule has 2 aromatic carbocycles. The van der Waals surface area contributed by atoms with Crippen molar-refractivity contribution in [2.75, 3.05) is 5.32 Å². The molecule has 1 atom stereocenters. The maximum Gasteiger partial charge on any atom is 0.132 e. The Labute approximate surface area is 110 Å². The molecule has 0 heterocycles. The first kappa shape index (κ1) is 13.3. The van der Waals surface area contributed by atoms with Gasteiger partial charge < -0.3 is 10.4 Å². The van der Waals surface area contributed by atoms with Crippen molar-refractivity contribution in [1.29, 1.82) is 0 Å². The van der Waals surface area contributed by atoms with Gasteiger partial charge in [0.1, 0.15) is 17.4 Å². The van der Waals surface area contributed by atoms with Gasteiger partial charge in [-0.25, -0.2) is 8.78 Å². The predicted octanol–water partition coefficient (Wildman–Crippen LogP) is 4.15. The van der Waals surface area contributed by atoms with Crippen LogP contribution in [0.15, 0.2) is 36.4 Å². The van der Waals surface area contributed by atoms with Crippen LogP contribution in [0, 0.1) is 18.6 Å². The molecule has 0 radical (unpaired) electrons. The first-order valence-electron chi connectivity index (χ1n) is 5.98. The summed E-state index contributed by atoms with van der Waals surface area (Å²) in [5, 5.41) is 12.3. The van der Waals surface area contributed by atoms with Crippen LogP contribution >= 0.6 is 0 Å². The molecule has 0 saturated carbocycles. The Balaban J connectivity index is 2.20. The van der Waals surface area contributed by atoms with E-state index in [1.165, 1.54) is 18.2 Å². The fourth-order valence-corrected chi connectivity index (χ4v) is 1.93. The van der Waals surface area contributed by atoms with Crippen molar-refractivity contribution in [3.05, 3.63) is 59.2 Å². The van der Waals surface area contributed by atoms with Crippen LogP contribution in [0.4, 0.5) is 14.5 Å². The van der Waals surface area contributed by atoms with Gasteiger partial charge in [-0.2, -0.15) is 0 Å². The topological polar surface area (TPSA) is 32.3 Å². The molecular weight excluding hydrogens is 248 g/mol. The van der Waals surface area contributed by atoms with E-state index >= 15 is 0 Å². The summed E-state index contributed by atoms with van der Waals surface area (Å²) in [5.74, 6) is -0.848. The number of aryl methyl sites for hydroxylation is 1. The van der Waals surface area contributed by atoms with Crippen molar-refractivity contribution < 1.29 is 13.9 Å². The van der Waals surface area contributed by atoms with Crippen LogP contribution in [0.5, 0.6) is 5.75 Å². The average molecular weight is 263 g/mol. The van der Waals surface area contributed by atoms with Gasteiger partial charge in [0.2, 0.25) is 0 Å². The molecule has 0 aliphatic carbocycles. The zero-order chi connectivity index (χ0) is 14.0. The average Bonchev–Trinajstić information content (AvgIpc) is 2.33. The third kappa shape index (κ3) is 3.02. The predicted molar refractivity (Wildman–Crippen MR) is 71.2 cm³/mol. The molecule has 2 rings (SSSR count). The third-order valence-electron chi connectivity index (χ3n) is 2.99. The number of rotatable bonds is 3. The Kier molecular flexibility index (Phi) is 3.69. The summed E-state index contributed by atoms with van der Waals surface area (Å²) in [4.78, 5) is 0. The maximum absolute atomic E-state index is 13.7. The fraction of sp³-hybridized carbons (Fsp3) is 0.200. The first-order chi connectivity index (χ1) is 8.97. The van der Waals surface area contributed by atoms with Crippen LogP contribution in [-0.4, -0.2) is 5.11 Å². The van der Waals surface area contributed by atoms with Crippen LogP contribution in [0.25, 0.3) is 0 Å². The molecule has 0 aromatic heterocycles. The molecule has 2 aromatic rings. The van der Waals surface area contributed by atoms with Gasteiger partial charge in [0.25, 0.3) is 0 Å². The van der Waals surface area contributed by atoms with E-state index in [9.17, 15) is 13.9 Å². The highest BCUT2D eigenvalue weighted by atomic mass is 19.1. The fourth-order valence-electron chi connectivity index (χ4n) is 1.93. The second-order valence-electron chi connectivity index (χ2n) is 4.54. The number of hydrogen-bond donors (Lipinski definition) is 2. The molecule has 2 nitrogen and oxygen atoms in total. The van der Waals surface area contributed by atoms with Gasteiger partial charge >= 0.3 is 0 Å². The van der Waals surface area contributed by atoms with Crippen LogP contribution in [0.3, 0.4) is 0 Å². The number of anilines is 1. The minimum atomic E-state index is -0.473. The molecule has 2 N–H and O–H groups in total. The summed E-state index contributed by atoms with van der Waals surface area (Å²) in [6.45, 7) is 3.47. The Morgan fingerprint density at radius 2 is 1.79 bits per heavy atom. The molecule has 1 unspecified atom stereocenters. The highest BCUT2D eigenvalue weighted by Crippen LogP contribution is 2.25. The Hall–Kier alpha value is -2.10. The van der Waals surface area contributed by atoms with Gasteiger partial charge in [-0.3, -0.25) is 0 Å². The van der Waals surface area contributed by atoms with E-state index in [1.807, 2.05) is 0 Å². The van der Waals surface area contributed by atoms with Crippen molar-refractivity contribution >= 4 is 5.69 Å². The maximum atomic E-state index is 13.7. The van der Waals surface area contributed by atoms with E-state index in [0.717, 1.165) is 11.8 Å². The monoisotopic (exact) mass is 263 g/mol. The van der Waals surface area contributed by atoms with Gasteiger partial charge in [0.05, 0.1) is 6.04 Å². The lowest BCUT2D eigenvalue weighted by molar-refractivity contribution is 0.467. The molecule has 100 valence electrons. The number of aromatic hydroxyl groups is 1. The van der Waals surface area contributed by atoms with Gasteiger partial charge in [-0.1, -0.05) is 6.07 Å². The van der Waals surface area contributed by atoms with E-state index in [2.05, 4.69) is 5.32 Å². The molecule has 0 aliphatic rings. The van der Waals surface area contributed by atoms with Gasteiger partial charge in [-0.15, -0.1) is 0 Å². The number of phenolic OH excluding ortho intramolecular Hbond substituents is 1. The Morgan fingerprint density at radius 1 is 1.05 bits per heavy atom. The smallest absolute Gasteiger partial charge is 0.132 e. The second-order valence-corrected chi connectivity index (χ2v) is 4.54. The second kappa shape index (κ2) is 5.26. The van der Waals surface area contributed by atoms with E-state index in [4.69, 9.17) is 0 Å². The van der Waals surface area contributed by atoms with Gasteiger partial charge in [0, 0.05) is 17.3 Å². The molecule has 0 bridgehead atoms. The van der Waals surface area contributed by atoms with Crippen molar-refractivity contribution in [1.82, 2.24) is 0 Å². The summed E-state index contributed by atoms with van der Waals surface area (Å²) in [5.41, 5.74) is 1.70. The SMILES string of the molecule is Cc1cc(NC(C)c2ccc(O)cc2F)ccc1F. The number of nitrogens with one attached hydrogen (secondary N) is 1. The minimum Gasteiger partial charge on any atom is -0.508 e. The highest BCUT2D eigenvalue weighted by Gasteiger charge is 2.11. The molecule has 19 heavy (non-hydrogen) atoms. The molecule has 0 aliphatic heterocycles. The lowest BCUT2D eigenvalue weighted by Gasteiger charge is -2.17. The van der Waals surface area contributed by atoms with Crippen molar-refractivity contribution in [2.45, 2.75) is 19.9 Å². The highest BCUT2D eigenvalue weighted by molar-refractivity contribution is 5.48. The summed E-state index contributed by atoms with van der Waals surface area (Å²) in [6.07, 6.45) is 0. The standard InChI is InChI=1S/C15H15F2NO/c1-9-7-11(3-6-14(9)16)18-10(2)13-5-4-12(19)8-15(13)17/h3-8,10,18-19H,1-2H3. The molecule has 0 spiro atoms. The Bertz CT molecular complexity index is 599. The van der Waals surface area contributed by atoms with E-state index in [0.29, 0.717) is 11.1 Å². The zero-order valence-electron chi connectivity index (χ0n) is 10.7. The van der Waals surface area contributed by atoms with Crippen molar-refractivity contribution in [3.8, 4) is 5.75 Å². The largest absolute Gasteiger partial charge is 0.508 e. The first-order valence-corrected chi connectivity index (χ1v) is 5.98. The zero-order valence-corrected chi connectivity index (χ0v) is 10.7. The van der Waals surface area contributed by atoms with E-state index < -0.39 is 5.82 Å². The number of hydrogen-bond acceptors (Lipinski definition) is 2. The van der Waals surface area contributed by atoms with Crippen LogP contribution in [-0.2, 0) is 0 Å². The van der Waals surface area contributed by atoms with Crippen LogP contribution in [0.1, 0.15) is 24.1 Å². The van der Waals surface area contributed by atoms with Crippen LogP contribution in [0.2, 0.25) is 0 Å². The third-order valence-corrected chi connectivity index (χ3v) is 2.99. The number of phenols is 1. The molecule has 4 heteroatoms.